The Balaban J connectivity index is 1.95. The number of rotatable bonds is 5. The fourth-order valence-corrected chi connectivity index (χ4v) is 2.81. The number of nitrogens with zero attached hydrogens (tertiary/aromatic N) is 2. The van der Waals surface area contributed by atoms with E-state index in [1.807, 2.05) is 0 Å². The second-order valence-electron chi connectivity index (χ2n) is 5.38. The number of carbonyl (C=O) groups is 1. The van der Waals surface area contributed by atoms with Gasteiger partial charge in [-0.2, -0.15) is 0 Å². The third-order valence-corrected chi connectivity index (χ3v) is 3.91. The number of likely N-dealkylation sites (tertiary alicyclic amines) is 1. The number of benzene rings is 1. The molecule has 0 aromatic heterocycles. The van der Waals surface area contributed by atoms with Crippen molar-refractivity contribution in [1.29, 1.82) is 0 Å². The van der Waals surface area contributed by atoms with Crippen molar-refractivity contribution in [2.24, 2.45) is 0 Å². The Morgan fingerprint density at radius 1 is 1.48 bits per heavy atom. The van der Waals surface area contributed by atoms with Crippen molar-refractivity contribution in [1.82, 2.24) is 4.90 Å². The number of piperidine rings is 1. The maximum atomic E-state index is 12.1. The first-order valence-electron chi connectivity index (χ1n) is 7.38. The summed E-state index contributed by atoms with van der Waals surface area (Å²) in [7, 11) is 0. The Labute approximate surface area is 124 Å². The van der Waals surface area contributed by atoms with Gasteiger partial charge in [-0.3, -0.25) is 19.8 Å². The van der Waals surface area contributed by atoms with E-state index in [4.69, 9.17) is 0 Å². The third-order valence-electron chi connectivity index (χ3n) is 3.91. The Kier molecular flexibility index (Phi) is 5.27. The van der Waals surface area contributed by atoms with Crippen LogP contribution < -0.4 is 5.32 Å². The van der Waals surface area contributed by atoms with Crippen LogP contribution in [0.3, 0.4) is 0 Å². The first-order chi connectivity index (χ1) is 10.1. The molecule has 1 aliphatic rings. The monoisotopic (exact) mass is 291 g/mol. The summed E-state index contributed by atoms with van der Waals surface area (Å²) in [5.74, 6) is -0.115. The van der Waals surface area contributed by atoms with Gasteiger partial charge in [0.05, 0.1) is 11.5 Å². The van der Waals surface area contributed by atoms with E-state index in [1.165, 1.54) is 18.6 Å². The van der Waals surface area contributed by atoms with E-state index in [0.717, 1.165) is 25.8 Å². The fraction of sp³-hybridized carbons (Fsp3) is 0.533. The van der Waals surface area contributed by atoms with Crippen LogP contribution in [-0.4, -0.2) is 34.9 Å². The highest BCUT2D eigenvalue weighted by Gasteiger charge is 2.22. The summed E-state index contributed by atoms with van der Waals surface area (Å²) < 4.78 is 0. The molecular formula is C15H21N3O3. The molecule has 0 saturated carbocycles. The van der Waals surface area contributed by atoms with E-state index in [0.29, 0.717) is 18.3 Å². The first kappa shape index (κ1) is 15.4. The van der Waals surface area contributed by atoms with Gasteiger partial charge in [-0.1, -0.05) is 19.4 Å². The highest BCUT2D eigenvalue weighted by atomic mass is 16.6. The molecule has 1 unspecified atom stereocenters. The van der Waals surface area contributed by atoms with Gasteiger partial charge in [-0.15, -0.1) is 0 Å². The summed E-state index contributed by atoms with van der Waals surface area (Å²) in [6.45, 7) is 3.43. The maximum Gasteiger partial charge on any atom is 0.271 e. The Hall–Kier alpha value is -1.95. The molecule has 0 aliphatic carbocycles. The lowest BCUT2D eigenvalue weighted by atomic mass is 10.00. The van der Waals surface area contributed by atoms with Crippen molar-refractivity contribution in [3.63, 3.8) is 0 Å². The lowest BCUT2D eigenvalue weighted by molar-refractivity contribution is -0.384. The van der Waals surface area contributed by atoms with Gasteiger partial charge in [0.2, 0.25) is 5.91 Å². The van der Waals surface area contributed by atoms with Crippen molar-refractivity contribution >= 4 is 17.3 Å². The topological polar surface area (TPSA) is 75.5 Å². The number of hydrogen-bond acceptors (Lipinski definition) is 4. The van der Waals surface area contributed by atoms with E-state index in [2.05, 4.69) is 17.1 Å². The predicted molar refractivity (Wildman–Crippen MR) is 81.2 cm³/mol. The van der Waals surface area contributed by atoms with Crippen molar-refractivity contribution in [3.05, 3.63) is 34.4 Å². The number of nitrogens with one attached hydrogen (secondary N) is 1. The molecule has 1 N–H and O–H groups in total. The lowest BCUT2D eigenvalue weighted by Crippen LogP contribution is -2.43. The standard InChI is InChI=1S/C15H21N3O3/c1-2-13-7-3-4-9-17(13)11-15(19)16-12-6-5-8-14(10-12)18(20)21/h5-6,8,10,13H,2-4,7,9,11H2,1H3,(H,16,19). The minimum absolute atomic E-state index is 0.0165. The average molecular weight is 291 g/mol. The van der Waals surface area contributed by atoms with Crippen LogP contribution in [0.2, 0.25) is 0 Å². The third kappa shape index (κ3) is 4.26. The van der Waals surface area contributed by atoms with Crippen molar-refractivity contribution in [3.8, 4) is 0 Å². The number of carbonyl (C=O) groups excluding carboxylic acids is 1. The molecule has 1 aromatic carbocycles. The number of nitro groups is 1. The van der Waals surface area contributed by atoms with Crippen LogP contribution in [-0.2, 0) is 4.79 Å². The molecule has 1 saturated heterocycles. The van der Waals surface area contributed by atoms with Gasteiger partial charge in [0.25, 0.3) is 5.69 Å². The molecule has 1 fully saturated rings. The molecule has 0 spiro atoms. The largest absolute Gasteiger partial charge is 0.325 e. The van der Waals surface area contributed by atoms with E-state index >= 15 is 0 Å². The zero-order valence-corrected chi connectivity index (χ0v) is 12.2. The van der Waals surface area contributed by atoms with Crippen molar-refractivity contribution < 1.29 is 9.72 Å². The van der Waals surface area contributed by atoms with Gasteiger partial charge in [-0.25, -0.2) is 0 Å². The first-order valence-corrected chi connectivity index (χ1v) is 7.38. The molecule has 1 atom stereocenters. The highest BCUT2D eigenvalue weighted by molar-refractivity contribution is 5.92. The number of anilines is 1. The quantitative estimate of drug-likeness (QED) is 0.668. The molecule has 0 radical (unpaired) electrons. The maximum absolute atomic E-state index is 12.1. The van der Waals surface area contributed by atoms with Gasteiger partial charge in [0.15, 0.2) is 0 Å². The summed E-state index contributed by atoms with van der Waals surface area (Å²) >= 11 is 0. The number of hydrogen-bond donors (Lipinski definition) is 1. The molecule has 21 heavy (non-hydrogen) atoms. The minimum Gasteiger partial charge on any atom is -0.325 e. The molecule has 114 valence electrons. The van der Waals surface area contributed by atoms with Crippen LogP contribution in [0.15, 0.2) is 24.3 Å². The van der Waals surface area contributed by atoms with Crippen LogP contribution in [0, 0.1) is 10.1 Å². The zero-order chi connectivity index (χ0) is 15.2. The lowest BCUT2D eigenvalue weighted by Gasteiger charge is -2.34. The van der Waals surface area contributed by atoms with Crippen LogP contribution >= 0.6 is 0 Å². The van der Waals surface area contributed by atoms with E-state index in [-0.39, 0.29) is 11.6 Å². The average Bonchev–Trinajstić information content (AvgIpc) is 2.48. The molecule has 0 bridgehead atoms. The molecule has 1 amide bonds. The summed E-state index contributed by atoms with van der Waals surface area (Å²) in [6, 6.07) is 6.50. The SMILES string of the molecule is CCC1CCCCN1CC(=O)Nc1cccc([N+](=O)[O-])c1. The zero-order valence-electron chi connectivity index (χ0n) is 12.2. The number of amides is 1. The van der Waals surface area contributed by atoms with E-state index in [1.54, 1.807) is 12.1 Å². The van der Waals surface area contributed by atoms with Gasteiger partial charge < -0.3 is 5.32 Å². The van der Waals surface area contributed by atoms with Crippen LogP contribution in [0.5, 0.6) is 0 Å². The van der Waals surface area contributed by atoms with Gasteiger partial charge in [0.1, 0.15) is 0 Å². The fourth-order valence-electron chi connectivity index (χ4n) is 2.81. The molecule has 2 rings (SSSR count). The van der Waals surface area contributed by atoms with Crippen LogP contribution in [0.4, 0.5) is 11.4 Å². The molecule has 1 aliphatic heterocycles. The molecular weight excluding hydrogens is 270 g/mol. The second kappa shape index (κ2) is 7.17. The summed E-state index contributed by atoms with van der Waals surface area (Å²) in [5.41, 5.74) is 0.455. The van der Waals surface area contributed by atoms with Gasteiger partial charge in [-0.05, 0) is 31.9 Å². The number of non-ortho nitro benzene ring substituents is 1. The van der Waals surface area contributed by atoms with Crippen LogP contribution in [0.25, 0.3) is 0 Å². The molecule has 6 heteroatoms. The highest BCUT2D eigenvalue weighted by Crippen LogP contribution is 2.20. The van der Waals surface area contributed by atoms with E-state index < -0.39 is 4.92 Å². The van der Waals surface area contributed by atoms with Gasteiger partial charge in [0, 0.05) is 23.9 Å². The minimum atomic E-state index is -0.465. The molecule has 1 heterocycles. The van der Waals surface area contributed by atoms with E-state index in [9.17, 15) is 14.9 Å². The smallest absolute Gasteiger partial charge is 0.271 e. The van der Waals surface area contributed by atoms with Crippen molar-refractivity contribution in [2.75, 3.05) is 18.4 Å². The van der Waals surface area contributed by atoms with Gasteiger partial charge >= 0.3 is 0 Å². The summed E-state index contributed by atoms with van der Waals surface area (Å²) in [4.78, 5) is 24.6. The van der Waals surface area contributed by atoms with Crippen LogP contribution in [0.1, 0.15) is 32.6 Å². The molecule has 6 nitrogen and oxygen atoms in total. The summed E-state index contributed by atoms with van der Waals surface area (Å²) in [5, 5.41) is 13.5. The Morgan fingerprint density at radius 3 is 3.00 bits per heavy atom. The number of nitro benzene ring substituents is 1. The predicted octanol–water partition coefficient (Wildman–Crippen LogP) is 2.80. The Morgan fingerprint density at radius 2 is 2.29 bits per heavy atom. The Bertz CT molecular complexity index is 519. The molecule has 1 aromatic rings. The summed E-state index contributed by atoms with van der Waals surface area (Å²) in [6.07, 6.45) is 4.53. The second-order valence-corrected chi connectivity index (χ2v) is 5.38. The van der Waals surface area contributed by atoms with Crippen molar-refractivity contribution in [2.45, 2.75) is 38.6 Å². The normalized spacial score (nSPS) is 19.2.